The molecule has 26 heavy (non-hydrogen) atoms. The second kappa shape index (κ2) is 7.86. The molecule has 1 aliphatic heterocycles. The molecule has 1 amide bonds. The summed E-state index contributed by atoms with van der Waals surface area (Å²) in [5.74, 6) is 0.453. The highest BCUT2D eigenvalue weighted by Crippen LogP contribution is 2.28. The Hall–Kier alpha value is -2.42. The van der Waals surface area contributed by atoms with Crippen molar-refractivity contribution in [2.45, 2.75) is 30.2 Å². The maximum absolute atomic E-state index is 12.9. The molecular weight excluding hydrogens is 356 g/mol. The fourth-order valence-electron chi connectivity index (χ4n) is 2.97. The number of ether oxygens (including phenoxy) is 1. The smallest absolute Gasteiger partial charge is 0.261 e. The minimum atomic E-state index is -3.85. The summed E-state index contributed by atoms with van der Waals surface area (Å²) in [4.78, 5) is 11.9. The predicted molar refractivity (Wildman–Crippen MR) is 94.4 cm³/mol. The fourth-order valence-corrected chi connectivity index (χ4v) is 4.63. The molecule has 0 spiro atoms. The first-order valence-corrected chi connectivity index (χ1v) is 9.75. The zero-order valence-corrected chi connectivity index (χ0v) is 14.9. The number of piperidine rings is 1. The van der Waals surface area contributed by atoms with Gasteiger partial charge in [0.15, 0.2) is 0 Å². The Morgan fingerprint density at radius 1 is 1.04 bits per heavy atom. The first kappa shape index (κ1) is 18.4. The zero-order valence-electron chi connectivity index (χ0n) is 14.0. The quantitative estimate of drug-likeness (QED) is 0.617. The third kappa shape index (κ3) is 3.87. The van der Waals surface area contributed by atoms with Crippen molar-refractivity contribution in [3.8, 4) is 11.5 Å². The van der Waals surface area contributed by atoms with Crippen LogP contribution in [0.4, 0.5) is 0 Å². The van der Waals surface area contributed by atoms with Crippen LogP contribution in [-0.4, -0.2) is 36.4 Å². The number of rotatable bonds is 5. The Balaban J connectivity index is 1.81. The Morgan fingerprint density at radius 3 is 2.35 bits per heavy atom. The molecule has 138 valence electrons. The van der Waals surface area contributed by atoms with Gasteiger partial charge in [0.1, 0.15) is 17.5 Å². The molecule has 0 saturated carbocycles. The summed E-state index contributed by atoms with van der Waals surface area (Å²) < 4.78 is 32.6. The van der Waals surface area contributed by atoms with E-state index in [4.69, 9.17) is 9.94 Å². The Kier molecular flexibility index (Phi) is 5.55. The van der Waals surface area contributed by atoms with Gasteiger partial charge in [0, 0.05) is 6.54 Å². The van der Waals surface area contributed by atoms with Crippen LogP contribution in [-0.2, 0) is 14.8 Å². The number of para-hydroxylation sites is 1. The van der Waals surface area contributed by atoms with Crippen LogP contribution in [0.15, 0.2) is 59.5 Å². The number of hydrogen-bond donors (Lipinski definition) is 2. The molecule has 7 nitrogen and oxygen atoms in total. The number of benzene rings is 2. The average molecular weight is 376 g/mol. The van der Waals surface area contributed by atoms with Crippen LogP contribution in [0, 0.1) is 0 Å². The van der Waals surface area contributed by atoms with Crippen LogP contribution < -0.4 is 10.2 Å². The van der Waals surface area contributed by atoms with Gasteiger partial charge in [-0.15, -0.1) is 0 Å². The maximum Gasteiger partial charge on any atom is 0.261 e. The summed E-state index contributed by atoms with van der Waals surface area (Å²) in [5.41, 5.74) is 1.56. The van der Waals surface area contributed by atoms with E-state index in [1.165, 1.54) is 12.1 Å². The molecule has 8 heteroatoms. The normalized spacial score (nSPS) is 18.3. The summed E-state index contributed by atoms with van der Waals surface area (Å²) in [6.07, 6.45) is 1.78. The van der Waals surface area contributed by atoms with Gasteiger partial charge < -0.3 is 4.74 Å². The van der Waals surface area contributed by atoms with E-state index in [0.29, 0.717) is 24.3 Å². The Bertz CT molecular complexity index is 853. The number of carbonyl (C=O) groups is 1. The van der Waals surface area contributed by atoms with E-state index in [2.05, 4.69) is 0 Å². The van der Waals surface area contributed by atoms with Gasteiger partial charge in [-0.05, 0) is 49.2 Å². The molecule has 0 aliphatic carbocycles. The van der Waals surface area contributed by atoms with Crippen molar-refractivity contribution in [2.24, 2.45) is 0 Å². The van der Waals surface area contributed by atoms with Gasteiger partial charge in [-0.1, -0.05) is 24.6 Å². The topological polar surface area (TPSA) is 95.9 Å². The molecule has 1 saturated heterocycles. The van der Waals surface area contributed by atoms with Crippen molar-refractivity contribution in [1.82, 2.24) is 9.79 Å². The van der Waals surface area contributed by atoms with E-state index >= 15 is 0 Å². The van der Waals surface area contributed by atoms with Crippen molar-refractivity contribution in [3.63, 3.8) is 0 Å². The average Bonchev–Trinajstić information content (AvgIpc) is 2.68. The largest absolute Gasteiger partial charge is 0.457 e. The van der Waals surface area contributed by atoms with E-state index in [1.807, 2.05) is 18.2 Å². The molecule has 2 N–H and O–H groups in total. The van der Waals surface area contributed by atoms with Gasteiger partial charge in [0.25, 0.3) is 5.91 Å². The highest BCUT2D eigenvalue weighted by molar-refractivity contribution is 7.89. The Morgan fingerprint density at radius 2 is 1.69 bits per heavy atom. The number of nitrogens with zero attached hydrogens (tertiary/aromatic N) is 1. The van der Waals surface area contributed by atoms with Gasteiger partial charge in [-0.2, -0.15) is 4.31 Å². The summed E-state index contributed by atoms with van der Waals surface area (Å²) in [6.45, 7) is 0.239. The monoisotopic (exact) mass is 376 g/mol. The van der Waals surface area contributed by atoms with E-state index in [9.17, 15) is 13.2 Å². The van der Waals surface area contributed by atoms with Gasteiger partial charge >= 0.3 is 0 Å². The fraction of sp³-hybridized carbons (Fsp3) is 0.278. The molecule has 0 bridgehead atoms. The summed E-state index contributed by atoms with van der Waals surface area (Å²) in [7, 11) is -3.85. The van der Waals surface area contributed by atoms with Crippen molar-refractivity contribution < 1.29 is 23.2 Å². The lowest BCUT2D eigenvalue weighted by Crippen LogP contribution is -2.51. The number of hydroxylamine groups is 1. The molecule has 2 aromatic carbocycles. The minimum absolute atomic E-state index is 0.0792. The number of sulfonamides is 1. The number of hydrogen-bond acceptors (Lipinski definition) is 5. The van der Waals surface area contributed by atoms with Crippen LogP contribution in [0.1, 0.15) is 19.3 Å². The molecule has 1 heterocycles. The lowest BCUT2D eigenvalue weighted by molar-refractivity contribution is -0.134. The first-order valence-electron chi connectivity index (χ1n) is 8.31. The summed E-state index contributed by atoms with van der Waals surface area (Å²) in [5, 5.41) is 8.88. The van der Waals surface area contributed by atoms with E-state index in [0.717, 1.165) is 10.7 Å². The third-order valence-electron chi connectivity index (χ3n) is 4.28. The van der Waals surface area contributed by atoms with E-state index in [1.54, 1.807) is 29.7 Å². The highest BCUT2D eigenvalue weighted by Gasteiger charge is 2.37. The lowest BCUT2D eigenvalue weighted by Gasteiger charge is -2.33. The number of nitrogens with one attached hydrogen (secondary N) is 1. The molecule has 2 aromatic rings. The molecule has 1 aliphatic rings. The Labute approximate surface area is 152 Å². The van der Waals surface area contributed by atoms with Crippen LogP contribution in [0.3, 0.4) is 0 Å². The standard InChI is InChI=1S/C18H20N2O5S/c21-18(19-22)17-8-4-5-13-20(17)26(23,24)16-11-9-15(10-12-16)25-14-6-2-1-3-7-14/h1-3,6-7,9-12,17,22H,4-5,8,13H2,(H,19,21)/t17-/m1/s1. The zero-order chi connectivity index (χ0) is 18.6. The molecule has 1 atom stereocenters. The molecule has 0 radical (unpaired) electrons. The molecule has 3 rings (SSSR count). The van der Waals surface area contributed by atoms with Gasteiger partial charge in [0.05, 0.1) is 4.90 Å². The number of amides is 1. The molecular formula is C18H20N2O5S. The van der Waals surface area contributed by atoms with Gasteiger partial charge in [0.2, 0.25) is 10.0 Å². The van der Waals surface area contributed by atoms with Crippen LogP contribution in [0.2, 0.25) is 0 Å². The summed E-state index contributed by atoms with van der Waals surface area (Å²) >= 11 is 0. The SMILES string of the molecule is O=C(NO)[C@H]1CCCCN1S(=O)(=O)c1ccc(Oc2ccccc2)cc1. The highest BCUT2D eigenvalue weighted by atomic mass is 32.2. The van der Waals surface area contributed by atoms with Crippen LogP contribution in [0.25, 0.3) is 0 Å². The minimum Gasteiger partial charge on any atom is -0.457 e. The predicted octanol–water partition coefficient (Wildman–Crippen LogP) is 2.53. The maximum atomic E-state index is 12.9. The van der Waals surface area contributed by atoms with Crippen molar-refractivity contribution in [1.29, 1.82) is 0 Å². The lowest BCUT2D eigenvalue weighted by atomic mass is 10.0. The molecule has 1 fully saturated rings. The molecule has 0 unspecified atom stereocenters. The number of carbonyl (C=O) groups excluding carboxylic acids is 1. The van der Waals surface area contributed by atoms with Crippen LogP contribution >= 0.6 is 0 Å². The first-order chi connectivity index (χ1) is 12.5. The van der Waals surface area contributed by atoms with E-state index < -0.39 is 22.0 Å². The van der Waals surface area contributed by atoms with Gasteiger partial charge in [-0.25, -0.2) is 13.9 Å². The van der Waals surface area contributed by atoms with Crippen molar-refractivity contribution in [3.05, 3.63) is 54.6 Å². The van der Waals surface area contributed by atoms with Crippen LogP contribution in [0.5, 0.6) is 11.5 Å². The van der Waals surface area contributed by atoms with Gasteiger partial charge in [-0.3, -0.25) is 10.0 Å². The third-order valence-corrected chi connectivity index (χ3v) is 6.20. The van der Waals surface area contributed by atoms with Crippen molar-refractivity contribution in [2.75, 3.05) is 6.54 Å². The second-order valence-corrected chi connectivity index (χ2v) is 7.88. The molecule has 0 aromatic heterocycles. The second-order valence-electron chi connectivity index (χ2n) is 5.99. The van der Waals surface area contributed by atoms with Crippen molar-refractivity contribution >= 4 is 15.9 Å². The summed E-state index contributed by atoms with van der Waals surface area (Å²) in [6, 6.07) is 14.3. The van der Waals surface area contributed by atoms with E-state index in [-0.39, 0.29) is 11.4 Å².